The number of benzene rings is 1. The molecule has 5 heteroatoms. The first-order valence-electron chi connectivity index (χ1n) is 8.25. The second kappa shape index (κ2) is 5.33. The Bertz CT molecular complexity index is 811. The predicted molar refractivity (Wildman–Crippen MR) is 92.5 cm³/mol. The molecule has 0 spiro atoms. The topological polar surface area (TPSA) is 71.7 Å². The van der Waals surface area contributed by atoms with Crippen LogP contribution in [-0.4, -0.2) is 33.9 Å². The van der Waals surface area contributed by atoms with Crippen LogP contribution in [0.1, 0.15) is 50.0 Å². The minimum Gasteiger partial charge on any atom is -0.495 e. The molecule has 0 fully saturated rings. The number of hydrogen-bond acceptors (Lipinski definition) is 4. The largest absolute Gasteiger partial charge is 0.495 e. The maximum Gasteiger partial charge on any atom is 0.236 e. The zero-order valence-electron chi connectivity index (χ0n) is 14.9. The lowest BCUT2D eigenvalue weighted by Crippen LogP contribution is -2.36. The van der Waals surface area contributed by atoms with Gasteiger partial charge in [0.05, 0.1) is 18.7 Å². The Kier molecular flexibility index (Phi) is 3.77. The Balaban J connectivity index is 2.40. The van der Waals surface area contributed by atoms with Gasteiger partial charge in [-0.05, 0) is 37.0 Å². The van der Waals surface area contributed by atoms with Gasteiger partial charge in [-0.3, -0.25) is 9.36 Å². The van der Waals surface area contributed by atoms with Crippen molar-refractivity contribution in [1.82, 2.24) is 4.57 Å². The molecule has 1 aliphatic carbocycles. The van der Waals surface area contributed by atoms with E-state index in [1.807, 2.05) is 27.0 Å². The van der Waals surface area contributed by atoms with Crippen molar-refractivity contribution in [2.45, 2.75) is 52.2 Å². The molecule has 0 amide bonds. The third-order valence-corrected chi connectivity index (χ3v) is 4.95. The van der Waals surface area contributed by atoms with Gasteiger partial charge in [0.25, 0.3) is 0 Å². The summed E-state index contributed by atoms with van der Waals surface area (Å²) < 4.78 is 7.13. The fraction of sp³-hybridized carbons (Fsp3) is 0.526. The summed E-state index contributed by atoms with van der Waals surface area (Å²) in [7, 11) is 1.57. The van der Waals surface area contributed by atoms with Crippen molar-refractivity contribution in [2.75, 3.05) is 7.11 Å². The van der Waals surface area contributed by atoms with Crippen molar-refractivity contribution in [3.63, 3.8) is 0 Å². The summed E-state index contributed by atoms with van der Waals surface area (Å²) in [6, 6.07) is 3.53. The highest BCUT2D eigenvalue weighted by atomic mass is 16.5. The number of aliphatic hydroxyl groups excluding tert-OH is 1. The van der Waals surface area contributed by atoms with Gasteiger partial charge >= 0.3 is 0 Å². The van der Waals surface area contributed by atoms with Gasteiger partial charge in [0.1, 0.15) is 11.4 Å². The van der Waals surface area contributed by atoms with Crippen molar-refractivity contribution < 1.29 is 19.7 Å². The summed E-state index contributed by atoms with van der Waals surface area (Å²) in [5.74, 6) is 0.555. The minimum absolute atomic E-state index is 0.0324. The second-order valence-electron chi connectivity index (χ2n) is 7.82. The molecule has 0 radical (unpaired) electrons. The van der Waals surface area contributed by atoms with E-state index in [1.54, 1.807) is 30.7 Å². The van der Waals surface area contributed by atoms with Crippen LogP contribution in [0.2, 0.25) is 0 Å². The van der Waals surface area contributed by atoms with Crippen LogP contribution in [0.15, 0.2) is 18.3 Å². The summed E-state index contributed by atoms with van der Waals surface area (Å²) in [5, 5.41) is 22.0. The van der Waals surface area contributed by atoms with Crippen LogP contribution in [0, 0.1) is 5.41 Å². The Morgan fingerprint density at radius 1 is 1.38 bits per heavy atom. The van der Waals surface area contributed by atoms with Gasteiger partial charge in [-0.2, -0.15) is 0 Å². The number of aliphatic hydroxyl groups is 2. The van der Waals surface area contributed by atoms with E-state index >= 15 is 0 Å². The van der Waals surface area contributed by atoms with E-state index in [9.17, 15) is 15.0 Å². The molecule has 2 aromatic rings. The van der Waals surface area contributed by atoms with E-state index < -0.39 is 17.1 Å². The Labute approximate surface area is 141 Å². The van der Waals surface area contributed by atoms with Crippen molar-refractivity contribution in [1.29, 1.82) is 0 Å². The summed E-state index contributed by atoms with van der Waals surface area (Å²) >= 11 is 0. The number of aryl methyl sites for hydroxylation is 1. The lowest BCUT2D eigenvalue weighted by molar-refractivity contribution is -0.0676. The molecular formula is C19H25NO4. The maximum atomic E-state index is 12.9. The molecule has 130 valence electrons. The zero-order valence-corrected chi connectivity index (χ0v) is 14.9. The first-order valence-corrected chi connectivity index (χ1v) is 8.25. The number of carbonyl (C=O) groups is 1. The van der Waals surface area contributed by atoms with Crippen molar-refractivity contribution in [3.8, 4) is 5.75 Å². The first kappa shape index (κ1) is 17.0. The lowest BCUT2D eigenvalue weighted by atomic mass is 9.88. The number of aromatic nitrogens is 1. The standard InChI is InChI=1S/C19H25NO4/c1-18(2,3)17(22)20-10-11-6-9-14(21)19(4,23)12-7-8-13(24-5)16(20)15(11)12/h7-8,10,14,21,23H,6,9H2,1-5H3/t14-,19+/m0/s1. The fourth-order valence-electron chi connectivity index (χ4n) is 3.47. The van der Waals surface area contributed by atoms with Crippen molar-refractivity contribution >= 4 is 16.8 Å². The molecule has 0 aliphatic heterocycles. The molecular weight excluding hydrogens is 306 g/mol. The molecule has 1 heterocycles. The zero-order chi connectivity index (χ0) is 17.9. The fourth-order valence-corrected chi connectivity index (χ4v) is 3.47. The van der Waals surface area contributed by atoms with Gasteiger partial charge < -0.3 is 14.9 Å². The smallest absolute Gasteiger partial charge is 0.236 e. The van der Waals surface area contributed by atoms with Crippen LogP contribution in [0.5, 0.6) is 5.75 Å². The highest BCUT2D eigenvalue weighted by Crippen LogP contribution is 2.43. The monoisotopic (exact) mass is 331 g/mol. The SMILES string of the molecule is COc1ccc2c3c(cn(C(=O)C(C)(C)C)c13)CC[C@H](O)[C@]2(C)O. The molecule has 3 rings (SSSR count). The number of ether oxygens (including phenoxy) is 1. The molecule has 2 N–H and O–H groups in total. The van der Waals surface area contributed by atoms with Crippen LogP contribution < -0.4 is 4.74 Å². The molecule has 24 heavy (non-hydrogen) atoms. The molecule has 1 aromatic heterocycles. The number of rotatable bonds is 1. The third-order valence-electron chi connectivity index (χ3n) is 4.95. The number of methoxy groups -OCH3 is 1. The van der Waals surface area contributed by atoms with Crippen molar-refractivity contribution in [3.05, 3.63) is 29.5 Å². The number of hydrogen-bond donors (Lipinski definition) is 2. The second-order valence-corrected chi connectivity index (χ2v) is 7.82. The predicted octanol–water partition coefficient (Wildman–Crippen LogP) is 2.85. The van der Waals surface area contributed by atoms with E-state index in [0.29, 0.717) is 29.7 Å². The average molecular weight is 331 g/mol. The summed E-state index contributed by atoms with van der Waals surface area (Å²) in [5.41, 5.74) is 0.342. The maximum absolute atomic E-state index is 12.9. The van der Waals surface area contributed by atoms with Crippen LogP contribution in [0.4, 0.5) is 0 Å². The minimum atomic E-state index is -1.37. The average Bonchev–Trinajstić information content (AvgIpc) is 2.85. The molecule has 0 saturated carbocycles. The van der Waals surface area contributed by atoms with E-state index in [4.69, 9.17) is 4.74 Å². The molecule has 5 nitrogen and oxygen atoms in total. The van der Waals surface area contributed by atoms with E-state index in [-0.39, 0.29) is 5.91 Å². The highest BCUT2D eigenvalue weighted by Gasteiger charge is 2.39. The van der Waals surface area contributed by atoms with E-state index in [1.165, 1.54) is 0 Å². The molecule has 0 unspecified atom stereocenters. The highest BCUT2D eigenvalue weighted by molar-refractivity contribution is 6.01. The van der Waals surface area contributed by atoms with Crippen LogP contribution in [-0.2, 0) is 12.0 Å². The molecule has 1 aromatic carbocycles. The summed E-state index contributed by atoms with van der Waals surface area (Å²) in [6.45, 7) is 7.26. The Morgan fingerprint density at radius 2 is 2.04 bits per heavy atom. The van der Waals surface area contributed by atoms with Gasteiger partial charge in [0.15, 0.2) is 0 Å². The van der Waals surface area contributed by atoms with Crippen LogP contribution in [0.3, 0.4) is 0 Å². The van der Waals surface area contributed by atoms with E-state index in [2.05, 4.69) is 0 Å². The Morgan fingerprint density at radius 3 is 2.62 bits per heavy atom. The molecule has 0 bridgehead atoms. The van der Waals surface area contributed by atoms with Gasteiger partial charge in [-0.25, -0.2) is 0 Å². The Hall–Kier alpha value is -1.85. The third kappa shape index (κ3) is 2.34. The number of carbonyl (C=O) groups excluding carboxylic acids is 1. The van der Waals surface area contributed by atoms with Crippen molar-refractivity contribution in [2.24, 2.45) is 5.41 Å². The summed E-state index contributed by atoms with van der Waals surface area (Å²) in [4.78, 5) is 12.9. The molecule has 1 aliphatic rings. The normalized spacial score (nSPS) is 24.0. The number of nitrogens with zero attached hydrogens (tertiary/aromatic N) is 1. The quantitative estimate of drug-likeness (QED) is 0.843. The van der Waals surface area contributed by atoms with Gasteiger partial charge in [-0.1, -0.05) is 26.8 Å². The molecule has 0 saturated heterocycles. The lowest BCUT2D eigenvalue weighted by Gasteiger charge is -2.29. The van der Waals surface area contributed by atoms with Crippen LogP contribution in [0.25, 0.3) is 10.9 Å². The van der Waals surface area contributed by atoms with Gasteiger partial charge in [-0.15, -0.1) is 0 Å². The summed E-state index contributed by atoms with van der Waals surface area (Å²) in [6.07, 6.45) is 2.01. The van der Waals surface area contributed by atoms with Gasteiger partial charge in [0, 0.05) is 17.0 Å². The van der Waals surface area contributed by atoms with Crippen LogP contribution >= 0.6 is 0 Å². The molecule has 2 atom stereocenters. The van der Waals surface area contributed by atoms with E-state index in [0.717, 1.165) is 10.9 Å². The van der Waals surface area contributed by atoms with Gasteiger partial charge in [0.2, 0.25) is 5.91 Å². The first-order chi connectivity index (χ1) is 11.1.